The van der Waals surface area contributed by atoms with E-state index in [9.17, 15) is 4.39 Å². The van der Waals surface area contributed by atoms with Gasteiger partial charge in [-0.2, -0.15) is 0 Å². The van der Waals surface area contributed by atoms with Gasteiger partial charge in [-0.05, 0) is 36.6 Å². The molecule has 0 bridgehead atoms. The molecule has 0 radical (unpaired) electrons. The minimum atomic E-state index is -0.209. The number of fused-ring (bicyclic) bond motifs is 1. The molecule has 31 heavy (non-hydrogen) atoms. The maximum Gasteiger partial charge on any atom is 0.191 e. The molecule has 9 heteroatoms. The fraction of sp³-hybridized carbons (Fsp3) is 0.591. The van der Waals surface area contributed by atoms with Crippen molar-refractivity contribution in [1.29, 1.82) is 0 Å². The van der Waals surface area contributed by atoms with Gasteiger partial charge in [0, 0.05) is 68.9 Å². The Morgan fingerprint density at radius 2 is 2.10 bits per heavy atom. The molecule has 2 aliphatic heterocycles. The number of aliphatic imine (C=N–C) groups is 1. The molecule has 0 saturated carbocycles. The summed E-state index contributed by atoms with van der Waals surface area (Å²) in [5.41, 5.74) is 2.06. The number of benzene rings is 1. The number of nitrogens with one attached hydrogen (secondary N) is 3. The van der Waals surface area contributed by atoms with Crippen LogP contribution in [-0.2, 0) is 15.9 Å². The molecule has 2 unspecified atom stereocenters. The van der Waals surface area contributed by atoms with Crippen LogP contribution < -0.4 is 10.6 Å². The highest BCUT2D eigenvalue weighted by molar-refractivity contribution is 14.0. The van der Waals surface area contributed by atoms with Crippen LogP contribution in [0.15, 0.2) is 29.4 Å². The lowest BCUT2D eigenvalue weighted by Crippen LogP contribution is -2.53. The molecule has 2 fully saturated rings. The quantitative estimate of drug-likeness (QED) is 0.283. The van der Waals surface area contributed by atoms with Crippen LogP contribution in [0.3, 0.4) is 0 Å². The fourth-order valence-corrected chi connectivity index (χ4v) is 4.45. The lowest BCUT2D eigenvalue weighted by Gasteiger charge is -2.37. The summed E-state index contributed by atoms with van der Waals surface area (Å²) in [7, 11) is 1.79. The van der Waals surface area contributed by atoms with E-state index < -0.39 is 0 Å². The number of rotatable bonds is 7. The third kappa shape index (κ3) is 6.30. The standard InChI is InChI=1S/C22H32FN5O2.HI/c1-24-22(25-6-4-16-13-26-20-3-2-18(23)12-19(16)20)27-14-21(17-5-9-30-15-17)28-7-10-29-11-8-28;/h2-3,12-13,17,21,26H,4-11,14-15H2,1H3,(H2,24,25,27);1H. The zero-order valence-electron chi connectivity index (χ0n) is 18.0. The molecule has 0 spiro atoms. The summed E-state index contributed by atoms with van der Waals surface area (Å²) in [4.78, 5) is 10.1. The van der Waals surface area contributed by atoms with Gasteiger partial charge >= 0.3 is 0 Å². The predicted molar refractivity (Wildman–Crippen MR) is 132 cm³/mol. The number of hydrogen-bond acceptors (Lipinski definition) is 4. The summed E-state index contributed by atoms with van der Waals surface area (Å²) in [5, 5.41) is 7.83. The second-order valence-corrected chi connectivity index (χ2v) is 7.97. The first-order chi connectivity index (χ1) is 14.7. The molecule has 0 aliphatic carbocycles. The van der Waals surface area contributed by atoms with Gasteiger partial charge in [-0.3, -0.25) is 9.89 Å². The second kappa shape index (κ2) is 12.0. The van der Waals surface area contributed by atoms with Crippen LogP contribution >= 0.6 is 24.0 Å². The molecule has 3 heterocycles. The second-order valence-electron chi connectivity index (χ2n) is 7.97. The Bertz CT molecular complexity index is 850. The first-order valence-corrected chi connectivity index (χ1v) is 10.8. The highest BCUT2D eigenvalue weighted by atomic mass is 127. The van der Waals surface area contributed by atoms with Crippen molar-refractivity contribution in [3.63, 3.8) is 0 Å². The molecule has 2 atom stereocenters. The van der Waals surface area contributed by atoms with Crippen molar-refractivity contribution in [1.82, 2.24) is 20.5 Å². The summed E-state index contributed by atoms with van der Waals surface area (Å²) in [6.45, 7) is 6.74. The number of aromatic amines is 1. The summed E-state index contributed by atoms with van der Waals surface area (Å²) in [6.07, 6.45) is 3.84. The van der Waals surface area contributed by atoms with Crippen LogP contribution in [0.5, 0.6) is 0 Å². The van der Waals surface area contributed by atoms with Crippen LogP contribution in [0.2, 0.25) is 0 Å². The van der Waals surface area contributed by atoms with Gasteiger partial charge in [0.25, 0.3) is 0 Å². The lowest BCUT2D eigenvalue weighted by molar-refractivity contribution is 0.00247. The number of nitrogens with zero attached hydrogens (tertiary/aromatic N) is 2. The fourth-order valence-electron chi connectivity index (χ4n) is 4.45. The third-order valence-corrected chi connectivity index (χ3v) is 6.14. The van der Waals surface area contributed by atoms with Crippen LogP contribution in [-0.4, -0.2) is 81.5 Å². The predicted octanol–water partition coefficient (Wildman–Crippen LogP) is 2.37. The van der Waals surface area contributed by atoms with Gasteiger partial charge in [0.15, 0.2) is 5.96 Å². The van der Waals surface area contributed by atoms with E-state index in [1.165, 1.54) is 6.07 Å². The van der Waals surface area contributed by atoms with Crippen molar-refractivity contribution < 1.29 is 13.9 Å². The number of morpholine rings is 1. The van der Waals surface area contributed by atoms with Crippen molar-refractivity contribution in [2.24, 2.45) is 10.9 Å². The van der Waals surface area contributed by atoms with Gasteiger partial charge in [-0.1, -0.05) is 0 Å². The van der Waals surface area contributed by atoms with Crippen molar-refractivity contribution in [2.45, 2.75) is 18.9 Å². The Labute approximate surface area is 200 Å². The Morgan fingerprint density at radius 3 is 2.84 bits per heavy atom. The third-order valence-electron chi connectivity index (χ3n) is 6.14. The van der Waals surface area contributed by atoms with E-state index in [2.05, 4.69) is 25.5 Å². The van der Waals surface area contributed by atoms with Crippen molar-refractivity contribution in [2.75, 3.05) is 59.7 Å². The Hall–Kier alpha value is -1.43. The zero-order chi connectivity index (χ0) is 20.8. The lowest BCUT2D eigenvalue weighted by atomic mass is 9.97. The number of hydrogen-bond donors (Lipinski definition) is 3. The van der Waals surface area contributed by atoms with Crippen LogP contribution in [0, 0.1) is 11.7 Å². The average Bonchev–Trinajstić information content (AvgIpc) is 3.44. The molecular weight excluding hydrogens is 512 g/mol. The molecule has 2 aromatic rings. The molecule has 2 saturated heterocycles. The van der Waals surface area contributed by atoms with E-state index in [1.807, 2.05) is 6.20 Å². The van der Waals surface area contributed by atoms with Gasteiger partial charge in [-0.15, -0.1) is 24.0 Å². The number of H-pyrrole nitrogens is 1. The summed E-state index contributed by atoms with van der Waals surface area (Å²) < 4.78 is 24.8. The summed E-state index contributed by atoms with van der Waals surface area (Å²) in [5.74, 6) is 1.12. The maximum atomic E-state index is 13.6. The SMILES string of the molecule is CN=C(NCCc1c[nH]c2ccc(F)cc12)NCC(C1CCOC1)N1CCOCC1.I. The Morgan fingerprint density at radius 1 is 1.26 bits per heavy atom. The number of halogens is 2. The largest absolute Gasteiger partial charge is 0.381 e. The highest BCUT2D eigenvalue weighted by Gasteiger charge is 2.31. The van der Waals surface area contributed by atoms with Gasteiger partial charge in [0.1, 0.15) is 5.82 Å². The van der Waals surface area contributed by atoms with Gasteiger partial charge in [0.05, 0.1) is 19.8 Å². The first-order valence-electron chi connectivity index (χ1n) is 10.8. The Balaban J connectivity index is 0.00000272. The maximum absolute atomic E-state index is 13.6. The minimum absolute atomic E-state index is 0. The smallest absolute Gasteiger partial charge is 0.191 e. The average molecular weight is 545 g/mol. The normalized spacial score (nSPS) is 21.1. The van der Waals surface area contributed by atoms with Gasteiger partial charge in [0.2, 0.25) is 0 Å². The summed E-state index contributed by atoms with van der Waals surface area (Å²) >= 11 is 0. The molecule has 0 amide bonds. The van der Waals surface area contributed by atoms with E-state index in [1.54, 1.807) is 19.2 Å². The first kappa shape index (κ1) is 24.2. The van der Waals surface area contributed by atoms with E-state index in [0.29, 0.717) is 12.0 Å². The van der Waals surface area contributed by atoms with Gasteiger partial charge < -0.3 is 25.1 Å². The van der Waals surface area contributed by atoms with E-state index in [-0.39, 0.29) is 29.8 Å². The molecular formula is C22H33FIN5O2. The minimum Gasteiger partial charge on any atom is -0.381 e. The number of ether oxygens (including phenoxy) is 2. The van der Waals surface area contributed by atoms with Gasteiger partial charge in [-0.25, -0.2) is 4.39 Å². The number of aromatic nitrogens is 1. The van der Waals surface area contributed by atoms with E-state index in [0.717, 1.165) is 87.9 Å². The topological polar surface area (TPSA) is 73.9 Å². The molecule has 2 aliphatic rings. The van der Waals surface area contributed by atoms with Crippen molar-refractivity contribution >= 4 is 40.8 Å². The molecule has 3 N–H and O–H groups in total. The van der Waals surface area contributed by atoms with Crippen LogP contribution in [0.1, 0.15) is 12.0 Å². The molecule has 7 nitrogen and oxygen atoms in total. The van der Waals surface area contributed by atoms with Crippen LogP contribution in [0.25, 0.3) is 10.9 Å². The zero-order valence-corrected chi connectivity index (χ0v) is 20.4. The molecule has 172 valence electrons. The monoisotopic (exact) mass is 545 g/mol. The highest BCUT2D eigenvalue weighted by Crippen LogP contribution is 2.22. The van der Waals surface area contributed by atoms with Crippen molar-refractivity contribution in [3.05, 3.63) is 35.8 Å². The van der Waals surface area contributed by atoms with Crippen molar-refractivity contribution in [3.8, 4) is 0 Å². The van der Waals surface area contributed by atoms with E-state index >= 15 is 0 Å². The number of guanidine groups is 1. The van der Waals surface area contributed by atoms with Crippen LogP contribution in [0.4, 0.5) is 4.39 Å². The molecule has 1 aromatic carbocycles. The molecule has 4 rings (SSSR count). The summed E-state index contributed by atoms with van der Waals surface area (Å²) in [6, 6.07) is 5.25. The van der Waals surface area contributed by atoms with E-state index in [4.69, 9.17) is 9.47 Å². The molecule has 1 aromatic heterocycles. The Kier molecular flexibility index (Phi) is 9.36.